The summed E-state index contributed by atoms with van der Waals surface area (Å²) in [4.78, 5) is 28.8. The van der Waals surface area contributed by atoms with Gasteiger partial charge in [-0.3, -0.25) is 14.5 Å². The van der Waals surface area contributed by atoms with Crippen molar-refractivity contribution < 1.29 is 14.7 Å². The molecule has 0 radical (unpaired) electrons. The number of hydrogen-bond acceptors (Lipinski definition) is 5. The van der Waals surface area contributed by atoms with Crippen LogP contribution in [0.4, 0.5) is 5.13 Å². The van der Waals surface area contributed by atoms with Crippen molar-refractivity contribution in [2.75, 3.05) is 18.4 Å². The SMILES string of the molecule is CCC1(C(=O)O)CCN(Cc2csc(NC(C)=O)n2)C1. The van der Waals surface area contributed by atoms with E-state index in [2.05, 4.69) is 15.2 Å². The van der Waals surface area contributed by atoms with Gasteiger partial charge in [0, 0.05) is 25.4 Å². The second-order valence-corrected chi connectivity index (χ2v) is 6.08. The first-order chi connectivity index (χ1) is 9.45. The van der Waals surface area contributed by atoms with Crippen molar-refractivity contribution in [3.63, 3.8) is 0 Å². The van der Waals surface area contributed by atoms with Gasteiger partial charge in [0.1, 0.15) is 0 Å². The van der Waals surface area contributed by atoms with Crippen molar-refractivity contribution in [2.45, 2.75) is 33.2 Å². The zero-order valence-electron chi connectivity index (χ0n) is 11.7. The number of hydrogen-bond donors (Lipinski definition) is 2. The molecule has 1 aromatic rings. The molecule has 0 bridgehead atoms. The largest absolute Gasteiger partial charge is 0.481 e. The maximum absolute atomic E-state index is 11.4. The van der Waals surface area contributed by atoms with Crippen LogP contribution >= 0.6 is 11.3 Å². The van der Waals surface area contributed by atoms with Crippen molar-refractivity contribution in [2.24, 2.45) is 5.41 Å². The van der Waals surface area contributed by atoms with Gasteiger partial charge in [-0.05, 0) is 19.4 Å². The van der Waals surface area contributed by atoms with Gasteiger partial charge in [-0.15, -0.1) is 11.3 Å². The zero-order valence-corrected chi connectivity index (χ0v) is 12.5. The second-order valence-electron chi connectivity index (χ2n) is 5.22. The molecule has 1 fully saturated rings. The van der Waals surface area contributed by atoms with Crippen LogP contribution in [0, 0.1) is 5.41 Å². The lowest BCUT2D eigenvalue weighted by Gasteiger charge is -2.22. The molecule has 0 aliphatic carbocycles. The number of aromatic nitrogens is 1. The van der Waals surface area contributed by atoms with Crippen LogP contribution in [0.25, 0.3) is 0 Å². The first-order valence-electron chi connectivity index (χ1n) is 6.63. The third kappa shape index (κ3) is 3.16. The van der Waals surface area contributed by atoms with E-state index < -0.39 is 11.4 Å². The minimum atomic E-state index is -0.709. The van der Waals surface area contributed by atoms with E-state index in [-0.39, 0.29) is 5.91 Å². The van der Waals surface area contributed by atoms with Crippen LogP contribution in [-0.2, 0) is 16.1 Å². The molecule has 6 nitrogen and oxygen atoms in total. The summed E-state index contributed by atoms with van der Waals surface area (Å²) in [5, 5.41) is 14.5. The molecule has 1 unspecified atom stereocenters. The molecule has 20 heavy (non-hydrogen) atoms. The van der Waals surface area contributed by atoms with Gasteiger partial charge in [0.25, 0.3) is 0 Å². The summed E-state index contributed by atoms with van der Waals surface area (Å²) in [7, 11) is 0. The van der Waals surface area contributed by atoms with Gasteiger partial charge in [0.2, 0.25) is 5.91 Å². The lowest BCUT2D eigenvalue weighted by atomic mass is 9.84. The van der Waals surface area contributed by atoms with Gasteiger partial charge in [0.05, 0.1) is 11.1 Å². The number of aliphatic carboxylic acids is 1. The van der Waals surface area contributed by atoms with Crippen molar-refractivity contribution in [3.8, 4) is 0 Å². The molecule has 2 N–H and O–H groups in total. The number of nitrogens with zero attached hydrogens (tertiary/aromatic N) is 2. The van der Waals surface area contributed by atoms with Crippen LogP contribution < -0.4 is 5.32 Å². The van der Waals surface area contributed by atoms with E-state index in [1.165, 1.54) is 18.3 Å². The number of carbonyl (C=O) groups is 2. The summed E-state index contributed by atoms with van der Waals surface area (Å²) in [6.45, 7) is 5.34. The van der Waals surface area contributed by atoms with E-state index in [0.717, 1.165) is 12.2 Å². The Morgan fingerprint density at radius 2 is 2.35 bits per heavy atom. The standard InChI is InChI=1S/C13H19N3O3S/c1-3-13(11(18)19)4-5-16(8-13)6-10-7-20-12(15-10)14-9(2)17/h7H,3-6,8H2,1-2H3,(H,18,19)(H,14,15,17). The van der Waals surface area contributed by atoms with E-state index in [0.29, 0.717) is 31.1 Å². The number of carboxylic acid groups (broad SMARTS) is 1. The minimum Gasteiger partial charge on any atom is -0.481 e. The third-order valence-corrected chi connectivity index (χ3v) is 4.59. The van der Waals surface area contributed by atoms with Crippen molar-refractivity contribution in [3.05, 3.63) is 11.1 Å². The van der Waals surface area contributed by atoms with Gasteiger partial charge in [-0.25, -0.2) is 4.98 Å². The number of thiazole rings is 1. The van der Waals surface area contributed by atoms with E-state index in [4.69, 9.17) is 0 Å². The van der Waals surface area contributed by atoms with Crippen LogP contribution in [0.3, 0.4) is 0 Å². The fourth-order valence-electron chi connectivity index (χ4n) is 2.52. The van der Waals surface area contributed by atoms with Crippen LogP contribution in [0.1, 0.15) is 32.4 Å². The van der Waals surface area contributed by atoms with E-state index in [1.54, 1.807) is 0 Å². The fourth-order valence-corrected chi connectivity index (χ4v) is 3.27. The molecule has 2 heterocycles. The Morgan fingerprint density at radius 3 is 2.90 bits per heavy atom. The summed E-state index contributed by atoms with van der Waals surface area (Å²) >= 11 is 1.39. The first-order valence-corrected chi connectivity index (χ1v) is 7.51. The maximum atomic E-state index is 11.4. The first kappa shape index (κ1) is 14.9. The van der Waals surface area contributed by atoms with Crippen LogP contribution in [0.2, 0.25) is 0 Å². The lowest BCUT2D eigenvalue weighted by Crippen LogP contribution is -2.33. The topological polar surface area (TPSA) is 82.5 Å². The van der Waals surface area contributed by atoms with Gasteiger partial charge < -0.3 is 10.4 Å². The predicted octanol–water partition coefficient (Wildman–Crippen LogP) is 1.79. The molecule has 1 saturated heterocycles. The highest BCUT2D eigenvalue weighted by Crippen LogP contribution is 2.35. The number of likely N-dealkylation sites (tertiary alicyclic amines) is 1. The quantitative estimate of drug-likeness (QED) is 0.866. The Balaban J connectivity index is 1.96. The van der Waals surface area contributed by atoms with Crippen molar-refractivity contribution in [1.82, 2.24) is 9.88 Å². The number of nitrogens with one attached hydrogen (secondary N) is 1. The molecular weight excluding hydrogens is 278 g/mol. The van der Waals surface area contributed by atoms with E-state index in [9.17, 15) is 14.7 Å². The Bertz CT molecular complexity index is 517. The van der Waals surface area contributed by atoms with Crippen LogP contribution in [-0.4, -0.2) is 40.0 Å². The molecule has 7 heteroatoms. The van der Waals surface area contributed by atoms with Crippen LogP contribution in [0.5, 0.6) is 0 Å². The monoisotopic (exact) mass is 297 g/mol. The van der Waals surface area contributed by atoms with Gasteiger partial charge in [-0.2, -0.15) is 0 Å². The number of anilines is 1. The highest BCUT2D eigenvalue weighted by atomic mass is 32.1. The second kappa shape index (κ2) is 5.88. The normalized spacial score (nSPS) is 22.9. The third-order valence-electron chi connectivity index (χ3n) is 3.78. The van der Waals surface area contributed by atoms with Crippen LogP contribution in [0.15, 0.2) is 5.38 Å². The Morgan fingerprint density at radius 1 is 1.60 bits per heavy atom. The summed E-state index contributed by atoms with van der Waals surface area (Å²) in [5.74, 6) is -0.845. The number of amides is 1. The molecule has 1 aromatic heterocycles. The van der Waals surface area contributed by atoms with Gasteiger partial charge >= 0.3 is 5.97 Å². The molecule has 1 atom stereocenters. The number of rotatable bonds is 5. The molecular formula is C13H19N3O3S. The fraction of sp³-hybridized carbons (Fsp3) is 0.615. The Hall–Kier alpha value is -1.47. The molecule has 0 spiro atoms. The molecule has 0 aromatic carbocycles. The van der Waals surface area contributed by atoms with Gasteiger partial charge in [-0.1, -0.05) is 6.92 Å². The molecule has 110 valence electrons. The number of carboxylic acids is 1. The average Bonchev–Trinajstić information content (AvgIpc) is 2.97. The molecule has 2 rings (SSSR count). The van der Waals surface area contributed by atoms with Crippen molar-refractivity contribution >= 4 is 28.3 Å². The summed E-state index contributed by atoms with van der Waals surface area (Å²) in [6, 6.07) is 0. The number of carbonyl (C=O) groups excluding carboxylic acids is 1. The highest BCUT2D eigenvalue weighted by molar-refractivity contribution is 7.13. The maximum Gasteiger partial charge on any atom is 0.310 e. The summed E-state index contributed by atoms with van der Waals surface area (Å²) in [6.07, 6.45) is 1.33. The van der Waals surface area contributed by atoms with Crippen molar-refractivity contribution in [1.29, 1.82) is 0 Å². The highest BCUT2D eigenvalue weighted by Gasteiger charge is 2.43. The van der Waals surface area contributed by atoms with Gasteiger partial charge in [0.15, 0.2) is 5.13 Å². The lowest BCUT2D eigenvalue weighted by molar-refractivity contribution is -0.148. The molecule has 1 aliphatic heterocycles. The molecule has 0 saturated carbocycles. The summed E-state index contributed by atoms with van der Waals surface area (Å²) < 4.78 is 0. The predicted molar refractivity (Wildman–Crippen MR) is 76.7 cm³/mol. The Kier molecular flexibility index (Phi) is 4.39. The minimum absolute atomic E-state index is 0.136. The Labute approximate surface area is 121 Å². The molecule has 1 amide bonds. The van der Waals surface area contributed by atoms with E-state index >= 15 is 0 Å². The molecule has 1 aliphatic rings. The smallest absolute Gasteiger partial charge is 0.310 e. The average molecular weight is 297 g/mol. The summed E-state index contributed by atoms with van der Waals surface area (Å²) in [5.41, 5.74) is 0.257. The zero-order chi connectivity index (χ0) is 14.8. The van der Waals surface area contributed by atoms with E-state index in [1.807, 2.05) is 12.3 Å².